The molecule has 0 aromatic carbocycles. The highest BCUT2D eigenvalue weighted by atomic mass is 16.5. The number of hydrogen-bond acceptors (Lipinski definition) is 5. The maximum Gasteiger partial charge on any atom is 0.355 e. The molecular weight excluding hydrogens is 310 g/mol. The highest BCUT2D eigenvalue weighted by Gasteiger charge is 2.35. The van der Waals surface area contributed by atoms with Crippen molar-refractivity contribution in [2.24, 2.45) is 0 Å². The third-order valence-corrected chi connectivity index (χ3v) is 4.25. The molecule has 0 saturated heterocycles. The van der Waals surface area contributed by atoms with Gasteiger partial charge in [-0.05, 0) is 32.8 Å². The van der Waals surface area contributed by atoms with Crippen molar-refractivity contribution in [1.82, 2.24) is 10.3 Å². The molecule has 0 radical (unpaired) electrons. The van der Waals surface area contributed by atoms with E-state index in [1.807, 2.05) is 0 Å². The van der Waals surface area contributed by atoms with E-state index in [1.54, 1.807) is 0 Å². The first kappa shape index (κ1) is 17.7. The molecule has 24 heavy (non-hydrogen) atoms. The summed E-state index contributed by atoms with van der Waals surface area (Å²) >= 11 is 0. The van der Waals surface area contributed by atoms with Gasteiger partial charge in [0, 0.05) is 11.8 Å². The molecule has 1 atom stereocenters. The quantitative estimate of drug-likeness (QED) is 0.634. The Morgan fingerprint density at radius 2 is 2.00 bits per heavy atom. The normalized spacial score (nSPS) is 17.4. The molecule has 0 spiro atoms. The van der Waals surface area contributed by atoms with E-state index in [0.717, 1.165) is 19.3 Å². The number of hydrogen-bond donors (Lipinski definition) is 2. The lowest BCUT2D eigenvalue weighted by atomic mass is 9.83. The maximum absolute atomic E-state index is 12.3. The third-order valence-electron chi connectivity index (χ3n) is 4.25. The Bertz CT molecular complexity index is 680. The minimum Gasteiger partial charge on any atom is -0.448 e. The molecular formula is C17H21N3O4. The highest BCUT2D eigenvalue weighted by molar-refractivity contribution is 5.98. The van der Waals surface area contributed by atoms with Gasteiger partial charge in [0.25, 0.3) is 5.91 Å². The third kappa shape index (κ3) is 4.02. The number of carbonyl (C=O) groups excluding carboxylic acids is 3. The lowest BCUT2D eigenvalue weighted by Gasteiger charge is -2.32. The predicted octanol–water partition coefficient (Wildman–Crippen LogP) is 2.11. The number of nitrogens with one attached hydrogen (secondary N) is 2. The second kappa shape index (κ2) is 7.30. The van der Waals surface area contributed by atoms with Crippen molar-refractivity contribution in [2.45, 2.75) is 57.6 Å². The molecule has 1 aromatic heterocycles. The summed E-state index contributed by atoms with van der Waals surface area (Å²) in [6.45, 7) is 2.84. The number of esters is 1. The number of H-pyrrole nitrogens is 1. The molecule has 1 heterocycles. The van der Waals surface area contributed by atoms with Crippen molar-refractivity contribution >= 4 is 17.7 Å². The van der Waals surface area contributed by atoms with Crippen LogP contribution in [0.2, 0.25) is 0 Å². The fourth-order valence-electron chi connectivity index (χ4n) is 2.75. The largest absolute Gasteiger partial charge is 0.448 e. The number of Topliss-reactive ketones (excluding diaryl/α,β-unsaturated/α-hetero) is 1. The summed E-state index contributed by atoms with van der Waals surface area (Å²) in [4.78, 5) is 38.2. The molecule has 1 aliphatic rings. The molecule has 1 fully saturated rings. The number of ketones is 1. The van der Waals surface area contributed by atoms with Crippen LogP contribution in [0.1, 0.15) is 66.8 Å². The Balaban J connectivity index is 1.96. The van der Waals surface area contributed by atoms with Crippen LogP contribution in [-0.4, -0.2) is 34.3 Å². The summed E-state index contributed by atoms with van der Waals surface area (Å²) in [5.41, 5.74) is -0.401. The second-order valence-corrected chi connectivity index (χ2v) is 6.15. The van der Waals surface area contributed by atoms with Crippen molar-refractivity contribution in [3.05, 3.63) is 23.5 Å². The number of carbonyl (C=O) groups is 3. The molecule has 0 aliphatic heterocycles. The van der Waals surface area contributed by atoms with Crippen molar-refractivity contribution in [3.63, 3.8) is 0 Å². The number of nitriles is 1. The van der Waals surface area contributed by atoms with Crippen LogP contribution in [-0.2, 0) is 9.53 Å². The summed E-state index contributed by atoms with van der Waals surface area (Å²) in [5, 5.41) is 12.1. The van der Waals surface area contributed by atoms with Crippen molar-refractivity contribution < 1.29 is 19.1 Å². The van der Waals surface area contributed by atoms with E-state index in [1.165, 1.54) is 26.1 Å². The Morgan fingerprint density at radius 1 is 1.33 bits per heavy atom. The van der Waals surface area contributed by atoms with Gasteiger partial charge in [-0.15, -0.1) is 0 Å². The Morgan fingerprint density at radius 3 is 2.54 bits per heavy atom. The molecule has 0 unspecified atom stereocenters. The summed E-state index contributed by atoms with van der Waals surface area (Å²) < 4.78 is 5.12. The van der Waals surface area contributed by atoms with Gasteiger partial charge < -0.3 is 15.0 Å². The monoisotopic (exact) mass is 331 g/mol. The van der Waals surface area contributed by atoms with Crippen LogP contribution in [0.5, 0.6) is 0 Å². The molecule has 128 valence electrons. The Labute approximate surface area is 140 Å². The number of ether oxygens (including phenoxy) is 1. The molecule has 1 aromatic rings. The number of nitrogens with zero attached hydrogens (tertiary/aromatic N) is 1. The van der Waals surface area contributed by atoms with E-state index < -0.39 is 23.5 Å². The highest BCUT2D eigenvalue weighted by Crippen LogP contribution is 2.27. The molecule has 2 rings (SSSR count). The SMILES string of the molecule is CC(=O)c1c[nH]c(C(=O)O[C@@H](C)C(=O)NC2(C#N)CCCCC2)c1. The van der Waals surface area contributed by atoms with Gasteiger partial charge in [0.1, 0.15) is 11.2 Å². The van der Waals surface area contributed by atoms with Gasteiger partial charge in [0.15, 0.2) is 11.9 Å². The van der Waals surface area contributed by atoms with Crippen LogP contribution >= 0.6 is 0 Å². The van der Waals surface area contributed by atoms with Crippen LogP contribution in [0.3, 0.4) is 0 Å². The fraction of sp³-hybridized carbons (Fsp3) is 0.529. The topological polar surface area (TPSA) is 112 Å². The molecule has 1 aliphatic carbocycles. The number of amides is 1. The van der Waals surface area contributed by atoms with E-state index in [-0.39, 0.29) is 11.5 Å². The second-order valence-electron chi connectivity index (χ2n) is 6.15. The van der Waals surface area contributed by atoms with Gasteiger partial charge in [0.05, 0.1) is 6.07 Å². The first-order valence-electron chi connectivity index (χ1n) is 8.00. The van der Waals surface area contributed by atoms with E-state index in [2.05, 4.69) is 16.4 Å². The Kier molecular flexibility index (Phi) is 5.39. The van der Waals surface area contributed by atoms with Crippen molar-refractivity contribution in [1.29, 1.82) is 5.26 Å². The van der Waals surface area contributed by atoms with Gasteiger partial charge in [-0.25, -0.2) is 4.79 Å². The van der Waals surface area contributed by atoms with E-state index in [9.17, 15) is 19.6 Å². The van der Waals surface area contributed by atoms with Crippen LogP contribution in [0.4, 0.5) is 0 Å². The van der Waals surface area contributed by atoms with E-state index in [4.69, 9.17) is 4.74 Å². The van der Waals surface area contributed by atoms with Crippen molar-refractivity contribution in [3.8, 4) is 6.07 Å². The molecule has 7 heteroatoms. The minimum atomic E-state index is -1.03. The molecule has 1 amide bonds. The molecule has 7 nitrogen and oxygen atoms in total. The zero-order chi connectivity index (χ0) is 17.7. The predicted molar refractivity (Wildman–Crippen MR) is 85.2 cm³/mol. The molecule has 2 N–H and O–H groups in total. The van der Waals surface area contributed by atoms with Gasteiger partial charge in [-0.2, -0.15) is 5.26 Å². The zero-order valence-electron chi connectivity index (χ0n) is 13.8. The van der Waals surface area contributed by atoms with E-state index in [0.29, 0.717) is 18.4 Å². The molecule has 0 bridgehead atoms. The van der Waals surface area contributed by atoms with Gasteiger partial charge >= 0.3 is 5.97 Å². The zero-order valence-corrected chi connectivity index (χ0v) is 13.8. The Hall–Kier alpha value is -2.62. The lowest BCUT2D eigenvalue weighted by Crippen LogP contribution is -2.52. The number of aromatic nitrogens is 1. The van der Waals surface area contributed by atoms with Crippen molar-refractivity contribution in [2.75, 3.05) is 0 Å². The van der Waals surface area contributed by atoms with Crippen LogP contribution in [0, 0.1) is 11.3 Å². The summed E-state index contributed by atoms with van der Waals surface area (Å²) in [6, 6.07) is 3.57. The minimum absolute atomic E-state index is 0.104. The van der Waals surface area contributed by atoms with Gasteiger partial charge in [-0.1, -0.05) is 19.3 Å². The van der Waals surface area contributed by atoms with Crippen LogP contribution in [0.25, 0.3) is 0 Å². The van der Waals surface area contributed by atoms with Gasteiger partial charge in [0.2, 0.25) is 0 Å². The standard InChI is InChI=1S/C17H21N3O4/c1-11(21)13-8-14(19-9-13)16(23)24-12(2)15(22)20-17(10-18)6-4-3-5-7-17/h8-9,12,19H,3-7H2,1-2H3,(H,20,22)/t12-/m0/s1. The average molecular weight is 331 g/mol. The fourth-order valence-corrected chi connectivity index (χ4v) is 2.75. The number of aromatic amines is 1. The summed E-state index contributed by atoms with van der Waals surface area (Å²) in [5.74, 6) is -1.39. The summed E-state index contributed by atoms with van der Waals surface area (Å²) in [6.07, 6.45) is 4.42. The first-order chi connectivity index (χ1) is 11.4. The van der Waals surface area contributed by atoms with Gasteiger partial charge in [-0.3, -0.25) is 9.59 Å². The van der Waals surface area contributed by atoms with E-state index >= 15 is 0 Å². The average Bonchev–Trinajstić information content (AvgIpc) is 3.06. The molecule has 1 saturated carbocycles. The summed E-state index contributed by atoms with van der Waals surface area (Å²) in [7, 11) is 0. The maximum atomic E-state index is 12.3. The number of rotatable bonds is 5. The lowest BCUT2D eigenvalue weighted by molar-refractivity contribution is -0.130. The smallest absolute Gasteiger partial charge is 0.355 e. The first-order valence-corrected chi connectivity index (χ1v) is 8.00. The van der Waals surface area contributed by atoms with Crippen LogP contribution in [0.15, 0.2) is 12.3 Å². The van der Waals surface area contributed by atoms with Crippen LogP contribution < -0.4 is 5.32 Å².